The molecule has 0 N–H and O–H groups in total. The Hall–Kier alpha value is -0.590. The van der Waals surface area contributed by atoms with Gasteiger partial charge < -0.3 is 4.90 Å². The van der Waals surface area contributed by atoms with Gasteiger partial charge in [-0.1, -0.05) is 0 Å². The minimum Gasteiger partial charge on any atom is -0.335 e. The van der Waals surface area contributed by atoms with Crippen LogP contribution in [0.15, 0.2) is 11.0 Å². The standard InChI is InChI=1S/C12H16ClNO3S2/c1-8-5-3-4-6-14(8)12(15)10-7-11(9(2)18-10)19(13,16)17/h7-8H,3-6H2,1-2H3. The molecular formula is C12H16ClNO3S2. The molecule has 1 unspecified atom stereocenters. The molecular weight excluding hydrogens is 306 g/mol. The van der Waals surface area contributed by atoms with Crippen LogP contribution in [0.4, 0.5) is 0 Å². The van der Waals surface area contributed by atoms with Crippen molar-refractivity contribution in [3.05, 3.63) is 15.8 Å². The fourth-order valence-electron chi connectivity index (χ4n) is 2.35. The van der Waals surface area contributed by atoms with Crippen molar-refractivity contribution in [1.82, 2.24) is 4.90 Å². The van der Waals surface area contributed by atoms with Crippen molar-refractivity contribution in [3.8, 4) is 0 Å². The molecule has 0 aliphatic carbocycles. The van der Waals surface area contributed by atoms with Crippen LogP contribution in [0.3, 0.4) is 0 Å². The molecule has 0 aromatic carbocycles. The highest BCUT2D eigenvalue weighted by Crippen LogP contribution is 2.30. The summed E-state index contributed by atoms with van der Waals surface area (Å²) in [6.45, 7) is 4.42. The average molecular weight is 322 g/mol. The maximum atomic E-state index is 12.4. The Morgan fingerprint density at radius 2 is 2.16 bits per heavy atom. The minimum absolute atomic E-state index is 0.0483. The van der Waals surface area contributed by atoms with Crippen molar-refractivity contribution in [2.75, 3.05) is 6.54 Å². The predicted molar refractivity (Wildman–Crippen MR) is 76.4 cm³/mol. The summed E-state index contributed by atoms with van der Waals surface area (Å²) in [4.78, 5) is 15.3. The Labute approximate surface area is 121 Å². The number of aryl methyl sites for hydroxylation is 1. The zero-order chi connectivity index (χ0) is 14.2. The third-order valence-electron chi connectivity index (χ3n) is 3.41. The van der Waals surface area contributed by atoms with Gasteiger partial charge in [0.25, 0.3) is 15.0 Å². The van der Waals surface area contributed by atoms with Crippen molar-refractivity contribution < 1.29 is 13.2 Å². The van der Waals surface area contributed by atoms with Crippen LogP contribution in [0.25, 0.3) is 0 Å². The van der Waals surface area contributed by atoms with E-state index < -0.39 is 9.05 Å². The number of hydrogen-bond acceptors (Lipinski definition) is 4. The third-order valence-corrected chi connectivity index (χ3v) is 6.03. The van der Waals surface area contributed by atoms with Crippen molar-refractivity contribution in [2.45, 2.75) is 44.0 Å². The Balaban J connectivity index is 2.30. The van der Waals surface area contributed by atoms with Crippen LogP contribution in [0.1, 0.15) is 40.7 Å². The van der Waals surface area contributed by atoms with Gasteiger partial charge in [-0.05, 0) is 39.2 Å². The molecule has 1 aliphatic rings. The average Bonchev–Trinajstić information content (AvgIpc) is 2.71. The first-order valence-corrected chi connectivity index (χ1v) is 9.29. The summed E-state index contributed by atoms with van der Waals surface area (Å²) in [6.07, 6.45) is 3.13. The maximum absolute atomic E-state index is 12.4. The van der Waals surface area contributed by atoms with Crippen LogP contribution < -0.4 is 0 Å². The molecule has 4 nitrogen and oxygen atoms in total. The molecule has 19 heavy (non-hydrogen) atoms. The summed E-state index contributed by atoms with van der Waals surface area (Å²) in [7, 11) is 1.57. The summed E-state index contributed by atoms with van der Waals surface area (Å²) >= 11 is 1.19. The molecule has 2 rings (SSSR count). The lowest BCUT2D eigenvalue weighted by molar-refractivity contribution is 0.0640. The third kappa shape index (κ3) is 3.12. The normalized spacial score (nSPS) is 20.6. The molecule has 1 saturated heterocycles. The number of amides is 1. The Kier molecular flexibility index (Phi) is 4.23. The van der Waals surface area contributed by atoms with Crippen LogP contribution in [0.5, 0.6) is 0 Å². The largest absolute Gasteiger partial charge is 0.335 e. The monoisotopic (exact) mass is 321 g/mol. The molecule has 0 spiro atoms. The lowest BCUT2D eigenvalue weighted by Crippen LogP contribution is -2.41. The number of piperidine rings is 1. The Morgan fingerprint density at radius 3 is 2.68 bits per heavy atom. The minimum atomic E-state index is -3.78. The second-order valence-electron chi connectivity index (χ2n) is 4.81. The van der Waals surface area contributed by atoms with Crippen molar-refractivity contribution >= 4 is 37.0 Å². The number of hydrogen-bond donors (Lipinski definition) is 0. The number of nitrogens with zero attached hydrogens (tertiary/aromatic N) is 1. The summed E-state index contributed by atoms with van der Waals surface area (Å²) in [5.41, 5.74) is 0. The lowest BCUT2D eigenvalue weighted by Gasteiger charge is -2.33. The van der Waals surface area contributed by atoms with Gasteiger partial charge in [-0.3, -0.25) is 4.79 Å². The van der Waals surface area contributed by atoms with E-state index in [-0.39, 0.29) is 16.8 Å². The van der Waals surface area contributed by atoms with Gasteiger partial charge in [-0.2, -0.15) is 0 Å². The molecule has 0 bridgehead atoms. The Morgan fingerprint density at radius 1 is 1.47 bits per heavy atom. The molecule has 7 heteroatoms. The number of likely N-dealkylation sites (tertiary alicyclic amines) is 1. The van der Waals surface area contributed by atoms with Gasteiger partial charge >= 0.3 is 0 Å². The van der Waals surface area contributed by atoms with E-state index in [0.717, 1.165) is 25.8 Å². The molecule has 1 amide bonds. The van der Waals surface area contributed by atoms with Gasteiger partial charge in [0.1, 0.15) is 0 Å². The summed E-state index contributed by atoms with van der Waals surface area (Å²) in [6, 6.07) is 1.60. The van der Waals surface area contributed by atoms with E-state index in [1.54, 1.807) is 6.92 Å². The van der Waals surface area contributed by atoms with Crippen molar-refractivity contribution in [1.29, 1.82) is 0 Å². The van der Waals surface area contributed by atoms with Gasteiger partial charge in [0.2, 0.25) is 0 Å². The maximum Gasteiger partial charge on any atom is 0.264 e. The highest BCUT2D eigenvalue weighted by Gasteiger charge is 2.27. The number of rotatable bonds is 2. The SMILES string of the molecule is Cc1sc(C(=O)N2CCCCC2C)cc1S(=O)(=O)Cl. The van der Waals surface area contributed by atoms with E-state index in [0.29, 0.717) is 9.75 Å². The summed E-state index contributed by atoms with van der Waals surface area (Å²) < 4.78 is 22.8. The number of carbonyl (C=O) groups is 1. The van der Waals surface area contributed by atoms with Gasteiger partial charge in [-0.15, -0.1) is 11.3 Å². The molecule has 1 atom stereocenters. The zero-order valence-electron chi connectivity index (χ0n) is 10.8. The van der Waals surface area contributed by atoms with E-state index in [4.69, 9.17) is 10.7 Å². The van der Waals surface area contributed by atoms with Crippen LogP contribution in [0, 0.1) is 6.92 Å². The van der Waals surface area contributed by atoms with E-state index >= 15 is 0 Å². The van der Waals surface area contributed by atoms with Crippen molar-refractivity contribution in [2.24, 2.45) is 0 Å². The molecule has 0 radical (unpaired) electrons. The number of halogens is 1. The fourth-order valence-corrected chi connectivity index (χ4v) is 4.97. The quantitative estimate of drug-likeness (QED) is 0.787. The molecule has 1 fully saturated rings. The first-order valence-electron chi connectivity index (χ1n) is 6.17. The van der Waals surface area contributed by atoms with Gasteiger partial charge in [0, 0.05) is 28.1 Å². The van der Waals surface area contributed by atoms with Gasteiger partial charge in [0.15, 0.2) is 0 Å². The van der Waals surface area contributed by atoms with Crippen LogP contribution in [-0.2, 0) is 9.05 Å². The van der Waals surface area contributed by atoms with E-state index in [2.05, 4.69) is 0 Å². The van der Waals surface area contributed by atoms with E-state index in [1.165, 1.54) is 17.4 Å². The Bertz CT molecular complexity index is 594. The smallest absolute Gasteiger partial charge is 0.264 e. The predicted octanol–water partition coefficient (Wildman–Crippen LogP) is 3.00. The first-order chi connectivity index (χ1) is 8.80. The van der Waals surface area contributed by atoms with Crippen molar-refractivity contribution in [3.63, 3.8) is 0 Å². The lowest BCUT2D eigenvalue weighted by atomic mass is 10.0. The summed E-state index contributed by atoms with van der Waals surface area (Å²) in [5, 5.41) is 0. The highest BCUT2D eigenvalue weighted by atomic mass is 35.7. The first kappa shape index (κ1) is 14.8. The highest BCUT2D eigenvalue weighted by molar-refractivity contribution is 8.13. The molecule has 1 aromatic rings. The van der Waals surface area contributed by atoms with E-state index in [1.807, 2.05) is 11.8 Å². The molecule has 106 valence electrons. The number of carbonyl (C=O) groups excluding carboxylic acids is 1. The van der Waals surface area contributed by atoms with Crippen LogP contribution in [0.2, 0.25) is 0 Å². The zero-order valence-corrected chi connectivity index (χ0v) is 13.2. The fraction of sp³-hybridized carbons (Fsp3) is 0.583. The topological polar surface area (TPSA) is 54.5 Å². The van der Waals surface area contributed by atoms with E-state index in [9.17, 15) is 13.2 Å². The molecule has 1 aliphatic heterocycles. The molecule has 2 heterocycles. The summed E-state index contributed by atoms with van der Waals surface area (Å²) in [5.74, 6) is -0.0909. The second kappa shape index (κ2) is 5.42. The second-order valence-corrected chi connectivity index (χ2v) is 8.60. The van der Waals surface area contributed by atoms with Crippen LogP contribution in [-0.4, -0.2) is 31.8 Å². The number of thiophene rings is 1. The van der Waals surface area contributed by atoms with Crippen LogP contribution >= 0.6 is 22.0 Å². The molecule has 1 aromatic heterocycles. The van der Waals surface area contributed by atoms with Gasteiger partial charge in [-0.25, -0.2) is 8.42 Å². The molecule has 0 saturated carbocycles. The van der Waals surface area contributed by atoms with Gasteiger partial charge in [0.05, 0.1) is 9.77 Å².